The smallest absolute Gasteiger partial charge is 0.0468 e. The summed E-state index contributed by atoms with van der Waals surface area (Å²) in [4.78, 5) is 0. The molecule has 0 saturated heterocycles. The van der Waals surface area contributed by atoms with Gasteiger partial charge in [-0.1, -0.05) is 6.92 Å². The van der Waals surface area contributed by atoms with Crippen LogP contribution in [0.3, 0.4) is 0 Å². The van der Waals surface area contributed by atoms with Crippen molar-refractivity contribution >= 4 is 0 Å². The summed E-state index contributed by atoms with van der Waals surface area (Å²) in [6, 6.07) is 0.356. The summed E-state index contributed by atoms with van der Waals surface area (Å²) >= 11 is 0. The summed E-state index contributed by atoms with van der Waals surface area (Å²) in [6.07, 6.45) is 0. The molecule has 0 aliphatic carbocycles. The molecule has 0 heterocycles. The van der Waals surface area contributed by atoms with E-state index in [0.717, 1.165) is 6.54 Å². The molecule has 0 radical (unpaired) electrons. The Morgan fingerprint density at radius 1 is 1.50 bits per heavy atom. The maximum Gasteiger partial charge on any atom is 0.0468 e. The van der Waals surface area contributed by atoms with Crippen LogP contribution in [-0.4, -0.2) is 30.8 Å². The first-order chi connectivity index (χ1) is 4.70. The Hall–Kier alpha value is -0.120. The van der Waals surface area contributed by atoms with Gasteiger partial charge in [-0.3, -0.25) is 0 Å². The summed E-state index contributed by atoms with van der Waals surface area (Å²) in [6.45, 7) is 5.76. The minimum Gasteiger partial charge on any atom is -0.396 e. The second-order valence-corrected chi connectivity index (χ2v) is 2.83. The van der Waals surface area contributed by atoms with Gasteiger partial charge in [0.15, 0.2) is 0 Å². The molecule has 3 heteroatoms. The summed E-state index contributed by atoms with van der Waals surface area (Å²) in [5, 5.41) is 11.8. The normalized spacial score (nSPS) is 16.8. The highest BCUT2D eigenvalue weighted by molar-refractivity contribution is 4.62. The van der Waals surface area contributed by atoms with E-state index in [9.17, 15) is 0 Å². The van der Waals surface area contributed by atoms with Gasteiger partial charge in [0.25, 0.3) is 0 Å². The molecule has 0 aliphatic heterocycles. The van der Waals surface area contributed by atoms with Crippen molar-refractivity contribution in [2.45, 2.75) is 19.9 Å². The first-order valence-corrected chi connectivity index (χ1v) is 3.75. The summed E-state index contributed by atoms with van der Waals surface area (Å²) in [7, 11) is 0. The summed E-state index contributed by atoms with van der Waals surface area (Å²) in [5.74, 6) is 0.328. The molecule has 0 amide bonds. The molecule has 0 aliphatic rings. The fraction of sp³-hybridized carbons (Fsp3) is 1.00. The van der Waals surface area contributed by atoms with Gasteiger partial charge in [0.2, 0.25) is 0 Å². The molecule has 2 atom stereocenters. The number of aliphatic hydroxyl groups excluding tert-OH is 1. The van der Waals surface area contributed by atoms with E-state index < -0.39 is 0 Å². The van der Waals surface area contributed by atoms with E-state index in [0.29, 0.717) is 18.5 Å². The topological polar surface area (TPSA) is 58.3 Å². The molecule has 0 saturated carbocycles. The SMILES string of the molecule is CC(CO)CNC(C)CN. The predicted octanol–water partition coefficient (Wildman–Crippen LogP) is -0.448. The number of nitrogens with two attached hydrogens (primary N) is 1. The van der Waals surface area contributed by atoms with Gasteiger partial charge in [0.1, 0.15) is 0 Å². The van der Waals surface area contributed by atoms with Crippen LogP contribution in [-0.2, 0) is 0 Å². The van der Waals surface area contributed by atoms with Crippen molar-refractivity contribution in [3.05, 3.63) is 0 Å². The fourth-order valence-corrected chi connectivity index (χ4v) is 0.550. The zero-order chi connectivity index (χ0) is 7.98. The summed E-state index contributed by atoms with van der Waals surface area (Å²) in [5.41, 5.74) is 5.37. The van der Waals surface area contributed by atoms with Gasteiger partial charge in [0.05, 0.1) is 0 Å². The van der Waals surface area contributed by atoms with Crippen molar-refractivity contribution in [1.82, 2.24) is 5.32 Å². The van der Waals surface area contributed by atoms with E-state index >= 15 is 0 Å². The van der Waals surface area contributed by atoms with Crippen molar-refractivity contribution in [3.63, 3.8) is 0 Å². The highest BCUT2D eigenvalue weighted by Crippen LogP contribution is 1.89. The van der Waals surface area contributed by atoms with Crippen LogP contribution in [0.5, 0.6) is 0 Å². The quantitative estimate of drug-likeness (QED) is 0.492. The lowest BCUT2D eigenvalue weighted by atomic mass is 10.2. The Bertz CT molecular complexity index is 68.0. The van der Waals surface area contributed by atoms with Crippen molar-refractivity contribution in [3.8, 4) is 0 Å². The second-order valence-electron chi connectivity index (χ2n) is 2.83. The zero-order valence-electron chi connectivity index (χ0n) is 6.80. The molecule has 0 spiro atoms. The Balaban J connectivity index is 3.17. The van der Waals surface area contributed by atoms with E-state index in [2.05, 4.69) is 5.32 Å². The van der Waals surface area contributed by atoms with Gasteiger partial charge < -0.3 is 16.2 Å². The molecule has 0 rings (SSSR count). The number of hydrogen-bond acceptors (Lipinski definition) is 3. The second kappa shape index (κ2) is 5.65. The molecule has 0 fully saturated rings. The third-order valence-electron chi connectivity index (χ3n) is 1.48. The Morgan fingerprint density at radius 2 is 2.10 bits per heavy atom. The minimum atomic E-state index is 0.240. The highest BCUT2D eigenvalue weighted by Gasteiger charge is 2.01. The molecule has 4 N–H and O–H groups in total. The molecule has 62 valence electrons. The molecule has 3 nitrogen and oxygen atoms in total. The molecule has 0 aromatic carbocycles. The predicted molar refractivity (Wildman–Crippen MR) is 42.8 cm³/mol. The average Bonchev–Trinajstić information content (AvgIpc) is 1.99. The van der Waals surface area contributed by atoms with Crippen LogP contribution in [0.4, 0.5) is 0 Å². The lowest BCUT2D eigenvalue weighted by Gasteiger charge is -2.13. The molecular formula is C7H18N2O. The number of hydrogen-bond donors (Lipinski definition) is 3. The van der Waals surface area contributed by atoms with Crippen LogP contribution in [0.25, 0.3) is 0 Å². The van der Waals surface area contributed by atoms with Crippen LogP contribution in [0.2, 0.25) is 0 Å². The van der Waals surface area contributed by atoms with Crippen LogP contribution in [0.1, 0.15) is 13.8 Å². The van der Waals surface area contributed by atoms with Crippen LogP contribution >= 0.6 is 0 Å². The fourth-order valence-electron chi connectivity index (χ4n) is 0.550. The maximum atomic E-state index is 8.65. The van der Waals surface area contributed by atoms with E-state index in [1.807, 2.05) is 13.8 Å². The lowest BCUT2D eigenvalue weighted by Crippen LogP contribution is -2.36. The van der Waals surface area contributed by atoms with Crippen molar-refractivity contribution < 1.29 is 5.11 Å². The molecule has 0 aromatic heterocycles. The Kier molecular flexibility index (Phi) is 5.58. The first-order valence-electron chi connectivity index (χ1n) is 3.75. The molecular weight excluding hydrogens is 128 g/mol. The van der Waals surface area contributed by atoms with Crippen molar-refractivity contribution in [2.24, 2.45) is 11.7 Å². The number of aliphatic hydroxyl groups is 1. The van der Waals surface area contributed by atoms with E-state index in [1.165, 1.54) is 0 Å². The van der Waals surface area contributed by atoms with Crippen molar-refractivity contribution in [2.75, 3.05) is 19.7 Å². The minimum absolute atomic E-state index is 0.240. The van der Waals surface area contributed by atoms with Gasteiger partial charge in [-0.25, -0.2) is 0 Å². The van der Waals surface area contributed by atoms with Crippen molar-refractivity contribution in [1.29, 1.82) is 0 Å². The third kappa shape index (κ3) is 4.73. The van der Waals surface area contributed by atoms with Crippen LogP contribution in [0, 0.1) is 5.92 Å². The first kappa shape index (κ1) is 9.88. The number of nitrogens with one attached hydrogen (secondary N) is 1. The van der Waals surface area contributed by atoms with E-state index in [1.54, 1.807) is 0 Å². The van der Waals surface area contributed by atoms with Crippen LogP contribution in [0.15, 0.2) is 0 Å². The standard InChI is InChI=1S/C7H18N2O/c1-6(5-10)4-9-7(2)3-8/h6-7,9-10H,3-5,8H2,1-2H3. The maximum absolute atomic E-state index is 8.65. The highest BCUT2D eigenvalue weighted by atomic mass is 16.3. The average molecular weight is 146 g/mol. The van der Waals surface area contributed by atoms with Gasteiger partial charge in [-0.2, -0.15) is 0 Å². The molecule has 10 heavy (non-hydrogen) atoms. The Morgan fingerprint density at radius 3 is 2.50 bits per heavy atom. The molecule has 0 aromatic rings. The molecule has 2 unspecified atom stereocenters. The van der Waals surface area contributed by atoms with Gasteiger partial charge in [0, 0.05) is 25.7 Å². The molecule has 0 bridgehead atoms. The zero-order valence-corrected chi connectivity index (χ0v) is 6.80. The summed E-state index contributed by atoms with van der Waals surface area (Å²) < 4.78 is 0. The lowest BCUT2D eigenvalue weighted by molar-refractivity contribution is 0.231. The number of rotatable bonds is 5. The van der Waals surface area contributed by atoms with Gasteiger partial charge in [-0.05, 0) is 12.8 Å². The third-order valence-corrected chi connectivity index (χ3v) is 1.48. The Labute approximate surface area is 62.6 Å². The van der Waals surface area contributed by atoms with Gasteiger partial charge >= 0.3 is 0 Å². The van der Waals surface area contributed by atoms with E-state index in [-0.39, 0.29) is 6.61 Å². The van der Waals surface area contributed by atoms with Gasteiger partial charge in [-0.15, -0.1) is 0 Å². The monoisotopic (exact) mass is 146 g/mol. The van der Waals surface area contributed by atoms with E-state index in [4.69, 9.17) is 10.8 Å². The van der Waals surface area contributed by atoms with Crippen LogP contribution < -0.4 is 11.1 Å². The largest absolute Gasteiger partial charge is 0.396 e.